The van der Waals surface area contributed by atoms with Crippen LogP contribution in [0.4, 0.5) is 5.13 Å². The van der Waals surface area contributed by atoms with Crippen LogP contribution >= 0.6 is 35.3 Å². The van der Waals surface area contributed by atoms with Crippen LogP contribution in [0.2, 0.25) is 5.02 Å². The second-order valence-electron chi connectivity index (χ2n) is 7.74. The minimum absolute atomic E-state index is 0. The lowest BCUT2D eigenvalue weighted by atomic mass is 10.0. The predicted molar refractivity (Wildman–Crippen MR) is 136 cm³/mol. The summed E-state index contributed by atoms with van der Waals surface area (Å²) in [6, 6.07) is 10.1. The van der Waals surface area contributed by atoms with Gasteiger partial charge in [0.1, 0.15) is 0 Å². The van der Waals surface area contributed by atoms with Gasteiger partial charge in [-0.3, -0.25) is 9.69 Å². The molecule has 0 N–H and O–H groups in total. The summed E-state index contributed by atoms with van der Waals surface area (Å²) in [5.41, 5.74) is 5.38. The summed E-state index contributed by atoms with van der Waals surface area (Å²) in [5.74, 6) is 0.0805. The van der Waals surface area contributed by atoms with Gasteiger partial charge in [-0.1, -0.05) is 60.5 Å². The number of aromatic nitrogens is 1. The van der Waals surface area contributed by atoms with Crippen molar-refractivity contribution in [2.45, 2.75) is 41.0 Å². The van der Waals surface area contributed by atoms with Crippen LogP contribution in [0.25, 0.3) is 10.2 Å². The van der Waals surface area contributed by atoms with E-state index < -0.39 is 0 Å². The van der Waals surface area contributed by atoms with Crippen LogP contribution in [-0.4, -0.2) is 42.0 Å². The molecular formula is C24H31Cl2N3OS. The number of carbonyl (C=O) groups excluding carboxylic acids is 1. The minimum Gasteiger partial charge on any atom is -0.302 e. The van der Waals surface area contributed by atoms with Gasteiger partial charge in [0.25, 0.3) is 0 Å². The van der Waals surface area contributed by atoms with E-state index in [2.05, 4.69) is 50.8 Å². The van der Waals surface area contributed by atoms with Gasteiger partial charge in [0.15, 0.2) is 5.13 Å². The molecule has 0 spiro atoms. The molecule has 3 rings (SSSR count). The van der Waals surface area contributed by atoms with Crippen molar-refractivity contribution in [3.8, 4) is 0 Å². The Kier molecular flexibility index (Phi) is 9.31. The highest BCUT2D eigenvalue weighted by molar-refractivity contribution is 7.22. The Morgan fingerprint density at radius 1 is 1.03 bits per heavy atom. The van der Waals surface area contributed by atoms with Gasteiger partial charge in [-0.05, 0) is 62.7 Å². The molecule has 0 aliphatic rings. The first-order valence-electron chi connectivity index (χ1n) is 10.5. The number of aryl methyl sites for hydroxylation is 3. The van der Waals surface area contributed by atoms with Gasteiger partial charge >= 0.3 is 0 Å². The maximum absolute atomic E-state index is 13.4. The zero-order valence-electron chi connectivity index (χ0n) is 18.9. The Morgan fingerprint density at radius 2 is 1.74 bits per heavy atom. The zero-order chi connectivity index (χ0) is 21.8. The molecule has 1 aromatic heterocycles. The summed E-state index contributed by atoms with van der Waals surface area (Å²) in [6.45, 7) is 13.8. The number of nitrogens with zero attached hydrogens (tertiary/aromatic N) is 3. The topological polar surface area (TPSA) is 36.4 Å². The molecule has 31 heavy (non-hydrogen) atoms. The van der Waals surface area contributed by atoms with Gasteiger partial charge in [-0.2, -0.15) is 0 Å². The fraction of sp³-hybridized carbons (Fsp3) is 0.417. The maximum atomic E-state index is 13.4. The Hall–Kier alpha value is -1.66. The van der Waals surface area contributed by atoms with E-state index >= 15 is 0 Å². The van der Waals surface area contributed by atoms with Gasteiger partial charge in [0.2, 0.25) is 5.91 Å². The molecular weight excluding hydrogens is 449 g/mol. The molecule has 1 amide bonds. The molecule has 0 radical (unpaired) electrons. The number of rotatable bonds is 8. The van der Waals surface area contributed by atoms with E-state index in [1.807, 2.05) is 24.0 Å². The summed E-state index contributed by atoms with van der Waals surface area (Å²) >= 11 is 7.78. The molecule has 0 aliphatic heterocycles. The summed E-state index contributed by atoms with van der Waals surface area (Å²) in [5, 5.41) is 1.45. The van der Waals surface area contributed by atoms with Crippen molar-refractivity contribution in [1.29, 1.82) is 0 Å². The standard InChI is InChI=1S/C24H30ClN3OS.ClH/c1-6-27(7-2)10-11-28(22(29)14-19-9-8-16(3)12-17(19)4)24-26-23-18(5)13-20(25)15-21(23)30-24;/h8-9,12-13,15H,6-7,10-11,14H2,1-5H3;1H. The van der Waals surface area contributed by atoms with E-state index in [1.165, 1.54) is 16.9 Å². The zero-order valence-corrected chi connectivity index (χ0v) is 21.3. The van der Waals surface area contributed by atoms with E-state index in [4.69, 9.17) is 16.6 Å². The summed E-state index contributed by atoms with van der Waals surface area (Å²) in [6.07, 6.45) is 0.375. The number of amides is 1. The van der Waals surface area contributed by atoms with E-state index in [0.29, 0.717) is 18.0 Å². The highest BCUT2D eigenvalue weighted by Gasteiger charge is 2.22. The van der Waals surface area contributed by atoms with Crippen molar-refractivity contribution in [3.05, 3.63) is 57.6 Å². The largest absolute Gasteiger partial charge is 0.302 e. The molecule has 0 unspecified atom stereocenters. The third kappa shape index (κ3) is 6.19. The fourth-order valence-corrected chi connectivity index (χ4v) is 5.13. The fourth-order valence-electron chi connectivity index (χ4n) is 3.67. The summed E-state index contributed by atoms with van der Waals surface area (Å²) in [7, 11) is 0. The highest BCUT2D eigenvalue weighted by Crippen LogP contribution is 2.33. The first-order valence-corrected chi connectivity index (χ1v) is 11.7. The van der Waals surface area contributed by atoms with E-state index in [1.54, 1.807) is 0 Å². The van der Waals surface area contributed by atoms with Gasteiger partial charge in [0.05, 0.1) is 16.6 Å². The minimum atomic E-state index is 0. The third-order valence-corrected chi connectivity index (χ3v) is 6.79. The second-order valence-corrected chi connectivity index (χ2v) is 9.19. The molecule has 7 heteroatoms. The molecule has 0 fully saturated rings. The number of benzene rings is 2. The lowest BCUT2D eigenvalue weighted by Gasteiger charge is -2.25. The molecule has 0 bridgehead atoms. The van der Waals surface area contributed by atoms with E-state index in [9.17, 15) is 4.79 Å². The number of thiazole rings is 1. The molecule has 0 aliphatic carbocycles. The number of hydrogen-bond donors (Lipinski definition) is 0. The van der Waals surface area contributed by atoms with Crippen molar-refractivity contribution in [1.82, 2.24) is 9.88 Å². The van der Waals surface area contributed by atoms with Gasteiger partial charge < -0.3 is 4.90 Å². The lowest BCUT2D eigenvalue weighted by Crippen LogP contribution is -2.39. The summed E-state index contributed by atoms with van der Waals surface area (Å²) in [4.78, 5) is 22.4. The highest BCUT2D eigenvalue weighted by atomic mass is 35.5. The molecule has 1 heterocycles. The summed E-state index contributed by atoms with van der Waals surface area (Å²) < 4.78 is 1.02. The number of anilines is 1. The number of likely N-dealkylation sites (N-methyl/N-ethyl adjacent to an activating group) is 1. The second kappa shape index (κ2) is 11.3. The van der Waals surface area contributed by atoms with Crippen LogP contribution in [0.1, 0.15) is 36.1 Å². The smallest absolute Gasteiger partial charge is 0.233 e. The van der Waals surface area contributed by atoms with Crippen LogP contribution in [-0.2, 0) is 11.2 Å². The normalized spacial score (nSPS) is 11.1. The van der Waals surface area contributed by atoms with Crippen LogP contribution in [0.3, 0.4) is 0 Å². The average molecular weight is 481 g/mol. The third-order valence-electron chi connectivity index (χ3n) is 5.54. The Bertz CT molecular complexity index is 1050. The van der Waals surface area contributed by atoms with Gasteiger partial charge in [-0.25, -0.2) is 4.98 Å². The van der Waals surface area contributed by atoms with Crippen LogP contribution in [0.15, 0.2) is 30.3 Å². The number of carbonyl (C=O) groups is 1. The quantitative estimate of drug-likeness (QED) is 0.384. The molecule has 168 valence electrons. The van der Waals surface area contributed by atoms with Gasteiger partial charge in [0, 0.05) is 18.1 Å². The van der Waals surface area contributed by atoms with Crippen LogP contribution in [0.5, 0.6) is 0 Å². The van der Waals surface area contributed by atoms with Gasteiger partial charge in [-0.15, -0.1) is 12.4 Å². The van der Waals surface area contributed by atoms with Crippen molar-refractivity contribution < 1.29 is 4.79 Å². The SMILES string of the molecule is CCN(CC)CCN(C(=O)Cc1ccc(C)cc1C)c1nc2c(C)cc(Cl)cc2s1.Cl. The molecule has 2 aromatic carbocycles. The van der Waals surface area contributed by atoms with Crippen LogP contribution < -0.4 is 4.90 Å². The number of hydrogen-bond acceptors (Lipinski definition) is 4. The maximum Gasteiger partial charge on any atom is 0.233 e. The Labute approximate surface area is 200 Å². The van der Waals surface area contributed by atoms with Crippen LogP contribution in [0, 0.1) is 20.8 Å². The van der Waals surface area contributed by atoms with Crippen molar-refractivity contribution >= 4 is 56.6 Å². The van der Waals surface area contributed by atoms with Crippen molar-refractivity contribution in [2.24, 2.45) is 0 Å². The van der Waals surface area contributed by atoms with Crippen molar-refractivity contribution in [3.63, 3.8) is 0 Å². The molecule has 0 saturated carbocycles. The Balaban J connectivity index is 0.00000341. The molecule has 0 atom stereocenters. The first kappa shape index (κ1) is 25.6. The first-order chi connectivity index (χ1) is 14.3. The van der Waals surface area contributed by atoms with E-state index in [0.717, 1.165) is 51.7 Å². The molecule has 3 aromatic rings. The number of halogens is 2. The Morgan fingerprint density at radius 3 is 2.39 bits per heavy atom. The predicted octanol–water partition coefficient (Wildman–Crippen LogP) is 6.21. The van der Waals surface area contributed by atoms with Crippen molar-refractivity contribution in [2.75, 3.05) is 31.1 Å². The monoisotopic (exact) mass is 479 g/mol. The molecule has 0 saturated heterocycles. The number of fused-ring (bicyclic) bond motifs is 1. The van der Waals surface area contributed by atoms with E-state index in [-0.39, 0.29) is 18.3 Å². The molecule has 4 nitrogen and oxygen atoms in total. The average Bonchev–Trinajstić information content (AvgIpc) is 3.11. The lowest BCUT2D eigenvalue weighted by molar-refractivity contribution is -0.118.